The van der Waals surface area contributed by atoms with Gasteiger partial charge in [0.25, 0.3) is 0 Å². The molecular weight excluding hydrogens is 130 g/mol. The van der Waals surface area contributed by atoms with Gasteiger partial charge in [0.15, 0.2) is 0 Å². The second-order valence-corrected chi connectivity index (χ2v) is 2.61. The summed E-state index contributed by atoms with van der Waals surface area (Å²) in [7, 11) is 0. The van der Waals surface area contributed by atoms with Crippen molar-refractivity contribution in [1.82, 2.24) is 4.90 Å². The van der Waals surface area contributed by atoms with Crippen LogP contribution in [0.1, 0.15) is 26.2 Å². The maximum absolute atomic E-state index is 10.9. The Hall–Kier alpha value is -0.570. The van der Waals surface area contributed by atoms with E-state index in [1.54, 1.807) is 4.90 Å². The lowest BCUT2D eigenvalue weighted by Crippen LogP contribution is -2.33. The lowest BCUT2D eigenvalue weighted by Gasteiger charge is -2.18. The van der Waals surface area contributed by atoms with Crippen molar-refractivity contribution in [1.29, 1.82) is 0 Å². The minimum absolute atomic E-state index is 0.0920. The molecule has 0 aromatic rings. The first kappa shape index (κ1) is 7.54. The van der Waals surface area contributed by atoms with Gasteiger partial charge >= 0.3 is 0 Å². The molecule has 58 valence electrons. The summed E-state index contributed by atoms with van der Waals surface area (Å²) in [6, 6.07) is 0. The maximum atomic E-state index is 10.9. The number of aliphatic hydroxyl groups is 1. The summed E-state index contributed by atoms with van der Waals surface area (Å²) >= 11 is 0. The standard InChI is InChI=1S/C7H13NO2/c1-2-5-8-6(9)3-4-7(8)10/h6,9H,2-5H2,1H3/t6-/m0/s1. The Bertz CT molecular complexity index is 136. The van der Waals surface area contributed by atoms with Crippen LogP contribution in [0.4, 0.5) is 0 Å². The van der Waals surface area contributed by atoms with Crippen molar-refractivity contribution in [3.63, 3.8) is 0 Å². The highest BCUT2D eigenvalue weighted by Crippen LogP contribution is 2.15. The summed E-state index contributed by atoms with van der Waals surface area (Å²) in [5.74, 6) is 0.0920. The third-order valence-electron chi connectivity index (χ3n) is 1.76. The Balaban J connectivity index is 2.46. The number of carbonyl (C=O) groups excluding carboxylic acids is 1. The van der Waals surface area contributed by atoms with Gasteiger partial charge in [-0.2, -0.15) is 0 Å². The lowest BCUT2D eigenvalue weighted by molar-refractivity contribution is -0.133. The Morgan fingerprint density at radius 1 is 1.80 bits per heavy atom. The molecule has 1 fully saturated rings. The van der Waals surface area contributed by atoms with Crippen LogP contribution in [0.3, 0.4) is 0 Å². The zero-order chi connectivity index (χ0) is 7.56. The maximum Gasteiger partial charge on any atom is 0.224 e. The van der Waals surface area contributed by atoms with Crippen LogP contribution < -0.4 is 0 Å². The fraction of sp³-hybridized carbons (Fsp3) is 0.857. The molecule has 10 heavy (non-hydrogen) atoms. The molecular formula is C7H13NO2. The van der Waals surface area contributed by atoms with Gasteiger partial charge in [-0.25, -0.2) is 0 Å². The Labute approximate surface area is 60.6 Å². The molecule has 0 unspecified atom stereocenters. The largest absolute Gasteiger partial charge is 0.374 e. The molecule has 0 radical (unpaired) electrons. The van der Waals surface area contributed by atoms with E-state index in [9.17, 15) is 9.90 Å². The molecule has 3 heteroatoms. The topological polar surface area (TPSA) is 40.5 Å². The molecule has 0 aromatic carbocycles. The Morgan fingerprint density at radius 2 is 2.50 bits per heavy atom. The third-order valence-corrected chi connectivity index (χ3v) is 1.76. The monoisotopic (exact) mass is 143 g/mol. The Kier molecular flexibility index (Phi) is 2.27. The fourth-order valence-corrected chi connectivity index (χ4v) is 1.23. The van der Waals surface area contributed by atoms with E-state index in [-0.39, 0.29) is 5.91 Å². The fourth-order valence-electron chi connectivity index (χ4n) is 1.23. The summed E-state index contributed by atoms with van der Waals surface area (Å²) in [5.41, 5.74) is 0. The van der Waals surface area contributed by atoms with E-state index in [0.717, 1.165) is 6.42 Å². The second-order valence-electron chi connectivity index (χ2n) is 2.61. The zero-order valence-electron chi connectivity index (χ0n) is 6.21. The molecule has 0 saturated carbocycles. The van der Waals surface area contributed by atoms with Crippen LogP contribution in [0.25, 0.3) is 0 Å². The molecule has 0 aromatic heterocycles. The number of rotatable bonds is 2. The van der Waals surface area contributed by atoms with Gasteiger partial charge in [-0.1, -0.05) is 6.92 Å². The van der Waals surface area contributed by atoms with Gasteiger partial charge in [-0.05, 0) is 6.42 Å². The number of carbonyl (C=O) groups is 1. The third kappa shape index (κ3) is 1.29. The smallest absolute Gasteiger partial charge is 0.224 e. The summed E-state index contributed by atoms with van der Waals surface area (Å²) < 4.78 is 0. The molecule has 1 aliphatic rings. The van der Waals surface area contributed by atoms with E-state index in [0.29, 0.717) is 19.4 Å². The van der Waals surface area contributed by atoms with Gasteiger partial charge in [0.05, 0.1) is 0 Å². The SMILES string of the molecule is CCCN1C(=O)CC[C@@H]1O. The van der Waals surface area contributed by atoms with Gasteiger partial charge in [-0.15, -0.1) is 0 Å². The van der Waals surface area contributed by atoms with Crippen LogP contribution in [0.2, 0.25) is 0 Å². The van der Waals surface area contributed by atoms with Crippen LogP contribution in [0.5, 0.6) is 0 Å². The average Bonchev–Trinajstić information content (AvgIpc) is 2.20. The second kappa shape index (κ2) is 3.01. The first-order valence-corrected chi connectivity index (χ1v) is 3.73. The van der Waals surface area contributed by atoms with E-state index in [1.165, 1.54) is 0 Å². The summed E-state index contributed by atoms with van der Waals surface area (Å²) in [6.07, 6.45) is 1.54. The van der Waals surface area contributed by atoms with Gasteiger partial charge in [0.1, 0.15) is 6.23 Å². The van der Waals surface area contributed by atoms with Crippen LogP contribution in [0, 0.1) is 0 Å². The molecule has 1 heterocycles. The van der Waals surface area contributed by atoms with Crippen molar-refractivity contribution in [2.24, 2.45) is 0 Å². The van der Waals surface area contributed by atoms with E-state index in [2.05, 4.69) is 0 Å². The molecule has 0 spiro atoms. The van der Waals surface area contributed by atoms with Crippen molar-refractivity contribution >= 4 is 5.91 Å². The number of amides is 1. The number of aliphatic hydroxyl groups excluding tert-OH is 1. The van der Waals surface area contributed by atoms with E-state index in [1.807, 2.05) is 6.92 Å². The average molecular weight is 143 g/mol. The number of hydrogen-bond acceptors (Lipinski definition) is 2. The molecule has 1 atom stereocenters. The summed E-state index contributed by atoms with van der Waals surface area (Å²) in [4.78, 5) is 12.5. The molecule has 0 bridgehead atoms. The van der Waals surface area contributed by atoms with Gasteiger partial charge in [-0.3, -0.25) is 4.79 Å². The van der Waals surface area contributed by atoms with Crippen LogP contribution >= 0.6 is 0 Å². The highest BCUT2D eigenvalue weighted by molar-refractivity contribution is 5.78. The van der Waals surface area contributed by atoms with Crippen molar-refractivity contribution < 1.29 is 9.90 Å². The number of likely N-dealkylation sites (tertiary alicyclic amines) is 1. The zero-order valence-corrected chi connectivity index (χ0v) is 6.21. The summed E-state index contributed by atoms with van der Waals surface area (Å²) in [6.45, 7) is 2.69. The molecule has 0 aliphatic carbocycles. The molecule has 1 saturated heterocycles. The van der Waals surface area contributed by atoms with E-state index < -0.39 is 6.23 Å². The van der Waals surface area contributed by atoms with Crippen LogP contribution in [-0.4, -0.2) is 28.7 Å². The molecule has 1 amide bonds. The quantitative estimate of drug-likeness (QED) is 0.605. The van der Waals surface area contributed by atoms with Gasteiger partial charge < -0.3 is 10.0 Å². The van der Waals surface area contributed by atoms with Crippen molar-refractivity contribution in [2.45, 2.75) is 32.4 Å². The lowest BCUT2D eigenvalue weighted by atomic mass is 10.4. The predicted octanol–water partition coefficient (Wildman–Crippen LogP) is 0.337. The molecule has 1 rings (SSSR count). The predicted molar refractivity (Wildman–Crippen MR) is 37.2 cm³/mol. The minimum atomic E-state index is -0.507. The first-order valence-electron chi connectivity index (χ1n) is 3.73. The highest BCUT2D eigenvalue weighted by atomic mass is 16.3. The number of nitrogens with zero attached hydrogens (tertiary/aromatic N) is 1. The Morgan fingerprint density at radius 3 is 2.90 bits per heavy atom. The van der Waals surface area contributed by atoms with Gasteiger partial charge in [0.2, 0.25) is 5.91 Å². The van der Waals surface area contributed by atoms with E-state index >= 15 is 0 Å². The van der Waals surface area contributed by atoms with Gasteiger partial charge in [0, 0.05) is 19.4 Å². The molecule has 1 N–H and O–H groups in total. The normalized spacial score (nSPS) is 26.0. The van der Waals surface area contributed by atoms with E-state index in [4.69, 9.17) is 0 Å². The molecule has 3 nitrogen and oxygen atoms in total. The van der Waals surface area contributed by atoms with Crippen molar-refractivity contribution in [2.75, 3.05) is 6.54 Å². The first-order chi connectivity index (χ1) is 4.75. The number of hydrogen-bond donors (Lipinski definition) is 1. The highest BCUT2D eigenvalue weighted by Gasteiger charge is 2.27. The van der Waals surface area contributed by atoms with Crippen molar-refractivity contribution in [3.05, 3.63) is 0 Å². The van der Waals surface area contributed by atoms with Crippen LogP contribution in [0.15, 0.2) is 0 Å². The van der Waals surface area contributed by atoms with Crippen LogP contribution in [-0.2, 0) is 4.79 Å². The van der Waals surface area contributed by atoms with Crippen molar-refractivity contribution in [3.8, 4) is 0 Å². The molecule has 1 aliphatic heterocycles. The summed E-state index contributed by atoms with van der Waals surface area (Å²) in [5, 5.41) is 9.20. The minimum Gasteiger partial charge on any atom is -0.374 e.